The molecule has 1 heterocycles. The number of hydrogen-bond donors (Lipinski definition) is 3. The number of amides is 3. The third kappa shape index (κ3) is 3.15. The second-order valence-electron chi connectivity index (χ2n) is 3.99. The van der Waals surface area contributed by atoms with Gasteiger partial charge in [-0.2, -0.15) is 5.10 Å². The van der Waals surface area contributed by atoms with Crippen molar-refractivity contribution in [3.05, 3.63) is 29.8 Å². The predicted molar refractivity (Wildman–Crippen MR) is 68.4 cm³/mol. The molecule has 98 valence electrons. The van der Waals surface area contributed by atoms with Crippen molar-refractivity contribution >= 4 is 29.1 Å². The van der Waals surface area contributed by atoms with Gasteiger partial charge in [-0.25, -0.2) is 5.43 Å². The molecule has 0 unspecified atom stereocenters. The lowest BCUT2D eigenvalue weighted by atomic mass is 10.1. The zero-order chi connectivity index (χ0) is 13.8. The van der Waals surface area contributed by atoms with E-state index in [-0.39, 0.29) is 24.5 Å². The number of primary amides is 1. The number of carbonyl (C=O) groups excluding carboxylic acids is 3. The molecule has 0 aliphatic carbocycles. The average molecular weight is 260 g/mol. The van der Waals surface area contributed by atoms with Gasteiger partial charge in [0.2, 0.25) is 11.8 Å². The van der Waals surface area contributed by atoms with Gasteiger partial charge in [0.1, 0.15) is 5.71 Å². The van der Waals surface area contributed by atoms with Crippen LogP contribution < -0.4 is 16.5 Å². The topological polar surface area (TPSA) is 114 Å². The minimum Gasteiger partial charge on any atom is -0.366 e. The van der Waals surface area contributed by atoms with Crippen LogP contribution in [0.1, 0.15) is 23.2 Å². The third-order valence-electron chi connectivity index (χ3n) is 2.57. The number of hydrazone groups is 1. The van der Waals surface area contributed by atoms with E-state index in [0.717, 1.165) is 0 Å². The van der Waals surface area contributed by atoms with E-state index in [4.69, 9.17) is 5.73 Å². The summed E-state index contributed by atoms with van der Waals surface area (Å²) in [7, 11) is 0. The minimum absolute atomic E-state index is 0.215. The maximum absolute atomic E-state index is 11.8. The number of rotatable bonds is 3. The summed E-state index contributed by atoms with van der Waals surface area (Å²) in [5, 5.41) is 6.27. The highest BCUT2D eigenvalue weighted by Gasteiger charge is 2.18. The fourth-order valence-electron chi connectivity index (χ4n) is 1.59. The van der Waals surface area contributed by atoms with E-state index < -0.39 is 11.8 Å². The first kappa shape index (κ1) is 12.7. The largest absolute Gasteiger partial charge is 0.366 e. The zero-order valence-electron chi connectivity index (χ0n) is 9.97. The van der Waals surface area contributed by atoms with Crippen LogP contribution in [0.3, 0.4) is 0 Å². The Morgan fingerprint density at radius 3 is 2.74 bits per heavy atom. The smallest absolute Gasteiger partial charge is 0.271 e. The highest BCUT2D eigenvalue weighted by molar-refractivity contribution is 6.43. The summed E-state index contributed by atoms with van der Waals surface area (Å²) >= 11 is 0. The molecule has 2 rings (SSSR count). The molecule has 1 aliphatic rings. The maximum Gasteiger partial charge on any atom is 0.271 e. The molecule has 3 amide bonds. The summed E-state index contributed by atoms with van der Waals surface area (Å²) in [5.41, 5.74) is 8.38. The number of benzene rings is 1. The number of nitrogens with zero attached hydrogens (tertiary/aromatic N) is 1. The van der Waals surface area contributed by atoms with Crippen LogP contribution >= 0.6 is 0 Å². The molecular formula is C12H12N4O3. The molecule has 4 N–H and O–H groups in total. The summed E-state index contributed by atoms with van der Waals surface area (Å²) < 4.78 is 0. The normalized spacial score (nSPS) is 14.3. The lowest BCUT2D eigenvalue weighted by molar-refractivity contribution is -0.121. The number of nitrogens with two attached hydrogens (primary N) is 1. The van der Waals surface area contributed by atoms with Crippen LogP contribution in [-0.2, 0) is 9.59 Å². The van der Waals surface area contributed by atoms with Crippen LogP contribution in [0.25, 0.3) is 0 Å². The molecule has 0 saturated heterocycles. The maximum atomic E-state index is 11.8. The Morgan fingerprint density at radius 2 is 2.11 bits per heavy atom. The molecule has 0 atom stereocenters. The van der Waals surface area contributed by atoms with Gasteiger partial charge in [-0.3, -0.25) is 14.4 Å². The Morgan fingerprint density at radius 1 is 1.32 bits per heavy atom. The molecule has 0 saturated carbocycles. The van der Waals surface area contributed by atoms with E-state index in [9.17, 15) is 14.4 Å². The molecule has 19 heavy (non-hydrogen) atoms. The van der Waals surface area contributed by atoms with Crippen LogP contribution in [0, 0.1) is 0 Å². The molecule has 0 bridgehead atoms. The van der Waals surface area contributed by atoms with E-state index >= 15 is 0 Å². The summed E-state index contributed by atoms with van der Waals surface area (Å²) in [5.74, 6) is -1.20. The van der Waals surface area contributed by atoms with Crippen LogP contribution in [-0.4, -0.2) is 23.4 Å². The Kier molecular flexibility index (Phi) is 3.56. The van der Waals surface area contributed by atoms with Crippen molar-refractivity contribution in [1.82, 2.24) is 5.43 Å². The number of anilines is 1. The molecule has 1 aromatic rings. The Labute approximate surface area is 108 Å². The van der Waals surface area contributed by atoms with Crippen molar-refractivity contribution in [1.29, 1.82) is 0 Å². The van der Waals surface area contributed by atoms with Crippen molar-refractivity contribution in [3.8, 4) is 0 Å². The highest BCUT2D eigenvalue weighted by atomic mass is 16.2. The highest BCUT2D eigenvalue weighted by Crippen LogP contribution is 2.11. The van der Waals surface area contributed by atoms with Gasteiger partial charge in [0.25, 0.3) is 5.91 Å². The van der Waals surface area contributed by atoms with Crippen LogP contribution in [0.2, 0.25) is 0 Å². The van der Waals surface area contributed by atoms with Gasteiger partial charge >= 0.3 is 0 Å². The second-order valence-corrected chi connectivity index (χ2v) is 3.99. The number of hydrogen-bond acceptors (Lipinski definition) is 4. The number of nitrogens with one attached hydrogen (secondary N) is 2. The fourth-order valence-corrected chi connectivity index (χ4v) is 1.59. The Hall–Kier alpha value is -2.70. The second kappa shape index (κ2) is 5.30. The molecule has 1 aromatic carbocycles. The molecule has 0 aromatic heterocycles. The summed E-state index contributed by atoms with van der Waals surface area (Å²) in [6.45, 7) is 0. The molecule has 0 fully saturated rings. The van der Waals surface area contributed by atoms with Gasteiger partial charge in [0, 0.05) is 24.1 Å². The van der Waals surface area contributed by atoms with Crippen molar-refractivity contribution in [2.24, 2.45) is 10.8 Å². The summed E-state index contributed by atoms with van der Waals surface area (Å²) in [6, 6.07) is 6.27. The summed E-state index contributed by atoms with van der Waals surface area (Å²) in [4.78, 5) is 33.8. The molecule has 7 heteroatoms. The summed E-state index contributed by atoms with van der Waals surface area (Å²) in [6.07, 6.45) is 0.515. The first-order chi connectivity index (χ1) is 9.06. The molecular weight excluding hydrogens is 248 g/mol. The van der Waals surface area contributed by atoms with E-state index in [1.54, 1.807) is 18.2 Å². The van der Waals surface area contributed by atoms with Crippen LogP contribution in [0.5, 0.6) is 0 Å². The SMILES string of the molecule is NC(=O)c1cccc(NC(=O)C2=NNC(=O)CC2)c1. The van der Waals surface area contributed by atoms with Gasteiger partial charge in [0.15, 0.2) is 0 Å². The van der Waals surface area contributed by atoms with Crippen molar-refractivity contribution < 1.29 is 14.4 Å². The Balaban J connectivity index is 2.09. The minimum atomic E-state index is -0.571. The molecule has 1 aliphatic heterocycles. The lowest BCUT2D eigenvalue weighted by Gasteiger charge is -2.12. The predicted octanol–water partition coefficient (Wildman–Crippen LogP) is -0.0100. The van der Waals surface area contributed by atoms with Crippen molar-refractivity contribution in [2.75, 3.05) is 5.32 Å². The average Bonchev–Trinajstić information content (AvgIpc) is 2.39. The van der Waals surface area contributed by atoms with Crippen molar-refractivity contribution in [3.63, 3.8) is 0 Å². The molecule has 7 nitrogen and oxygen atoms in total. The van der Waals surface area contributed by atoms with Gasteiger partial charge in [-0.05, 0) is 18.2 Å². The van der Waals surface area contributed by atoms with Gasteiger partial charge in [0.05, 0.1) is 0 Å². The van der Waals surface area contributed by atoms with Crippen molar-refractivity contribution in [2.45, 2.75) is 12.8 Å². The quantitative estimate of drug-likeness (QED) is 0.710. The standard InChI is InChI=1S/C12H12N4O3/c13-11(18)7-2-1-3-8(6-7)14-12(19)9-4-5-10(17)16-15-9/h1-3,6H,4-5H2,(H2,13,18)(H,14,19)(H,16,17). The number of carbonyl (C=O) groups is 3. The fraction of sp³-hybridized carbons (Fsp3) is 0.167. The van der Waals surface area contributed by atoms with Crippen LogP contribution in [0.15, 0.2) is 29.4 Å². The molecule has 0 spiro atoms. The third-order valence-corrected chi connectivity index (χ3v) is 2.57. The van der Waals surface area contributed by atoms with E-state index in [2.05, 4.69) is 15.8 Å². The van der Waals surface area contributed by atoms with E-state index in [1.807, 2.05) is 0 Å². The van der Waals surface area contributed by atoms with Gasteiger partial charge in [-0.1, -0.05) is 6.07 Å². The first-order valence-corrected chi connectivity index (χ1v) is 5.63. The first-order valence-electron chi connectivity index (χ1n) is 5.63. The van der Waals surface area contributed by atoms with E-state index in [1.165, 1.54) is 6.07 Å². The zero-order valence-corrected chi connectivity index (χ0v) is 9.97. The molecule has 0 radical (unpaired) electrons. The van der Waals surface area contributed by atoms with Gasteiger partial charge < -0.3 is 11.1 Å². The van der Waals surface area contributed by atoms with Crippen LogP contribution in [0.4, 0.5) is 5.69 Å². The monoisotopic (exact) mass is 260 g/mol. The Bertz CT molecular complexity index is 580. The lowest BCUT2D eigenvalue weighted by Crippen LogP contribution is -2.32. The van der Waals surface area contributed by atoms with E-state index in [0.29, 0.717) is 11.3 Å². The van der Waals surface area contributed by atoms with Gasteiger partial charge in [-0.15, -0.1) is 0 Å².